The highest BCUT2D eigenvalue weighted by Gasteiger charge is 2.28. The Bertz CT molecular complexity index is 946. The van der Waals surface area contributed by atoms with E-state index in [1.54, 1.807) is 6.07 Å². The lowest BCUT2D eigenvalue weighted by atomic mass is 10.1. The molecule has 11 heteroatoms. The number of pyridine rings is 1. The average Bonchev–Trinajstić information content (AvgIpc) is 3.24. The van der Waals surface area contributed by atoms with Gasteiger partial charge in [0.15, 0.2) is 6.61 Å². The van der Waals surface area contributed by atoms with Crippen molar-refractivity contribution in [2.24, 2.45) is 0 Å². The van der Waals surface area contributed by atoms with Gasteiger partial charge in [-0.05, 0) is 30.7 Å². The summed E-state index contributed by atoms with van der Waals surface area (Å²) in [6.45, 7) is 2.46. The lowest BCUT2D eigenvalue weighted by Gasteiger charge is -2.23. The minimum atomic E-state index is -2.75. The molecule has 0 bridgehead atoms. The topological polar surface area (TPSA) is 72.9 Å². The van der Waals surface area contributed by atoms with Gasteiger partial charge >= 0.3 is 0 Å². The van der Waals surface area contributed by atoms with Crippen LogP contribution in [0, 0.1) is 0 Å². The molecule has 1 N–H and O–H groups in total. The van der Waals surface area contributed by atoms with Crippen LogP contribution in [-0.2, 0) is 4.79 Å². The van der Waals surface area contributed by atoms with Gasteiger partial charge in [0, 0.05) is 26.1 Å². The number of aromatic nitrogens is 1. The smallest absolute Gasteiger partial charge is 0.272 e. The van der Waals surface area contributed by atoms with Gasteiger partial charge < -0.3 is 24.4 Å². The zero-order chi connectivity index (χ0) is 24.7. The van der Waals surface area contributed by atoms with Gasteiger partial charge in [-0.25, -0.2) is 22.5 Å². The number of amides is 1. The molecule has 0 radical (unpaired) electrons. The lowest BCUT2D eigenvalue weighted by molar-refractivity contribution is -0.119. The van der Waals surface area contributed by atoms with E-state index in [1.807, 2.05) is 36.1 Å². The molecule has 34 heavy (non-hydrogen) atoms. The monoisotopic (exact) mass is 485 g/mol. The number of benzene rings is 1. The number of carbonyl (C=O) groups excluding carboxylic acids is 1. The summed E-state index contributed by atoms with van der Waals surface area (Å²) in [6.07, 6.45) is -3.68. The zero-order valence-electron chi connectivity index (χ0n) is 18.8. The summed E-state index contributed by atoms with van der Waals surface area (Å²) in [5.74, 6) is 0.178. The van der Waals surface area contributed by atoms with Crippen LogP contribution in [0.25, 0.3) is 0 Å². The second-order valence-corrected chi connectivity index (χ2v) is 7.83. The molecular formula is C23H27F4N3O4. The van der Waals surface area contributed by atoms with Crippen molar-refractivity contribution in [3.05, 3.63) is 42.1 Å². The quantitative estimate of drug-likeness (QED) is 0.481. The van der Waals surface area contributed by atoms with Gasteiger partial charge in [-0.3, -0.25) is 4.79 Å². The van der Waals surface area contributed by atoms with Crippen molar-refractivity contribution in [2.75, 3.05) is 31.2 Å². The van der Waals surface area contributed by atoms with Crippen molar-refractivity contribution in [1.82, 2.24) is 10.3 Å². The van der Waals surface area contributed by atoms with E-state index in [4.69, 9.17) is 14.2 Å². The fourth-order valence-electron chi connectivity index (χ4n) is 3.65. The minimum Gasteiger partial charge on any atom is -0.489 e. The fraction of sp³-hybridized carbons (Fsp3) is 0.478. The Labute approximate surface area is 195 Å². The highest BCUT2D eigenvalue weighted by molar-refractivity contribution is 5.73. The molecule has 1 aliphatic heterocycles. The Kier molecular flexibility index (Phi) is 8.78. The van der Waals surface area contributed by atoms with Crippen molar-refractivity contribution in [3.8, 4) is 17.4 Å². The summed E-state index contributed by atoms with van der Waals surface area (Å²) >= 11 is 0. The molecule has 3 rings (SSSR count). The summed E-state index contributed by atoms with van der Waals surface area (Å²) in [5.41, 5.74) is 1.36. The van der Waals surface area contributed by atoms with Gasteiger partial charge in [0.1, 0.15) is 18.5 Å². The predicted octanol–water partition coefficient (Wildman–Crippen LogP) is 4.22. The highest BCUT2D eigenvalue weighted by Crippen LogP contribution is 2.38. The number of carbonyl (C=O) groups is 1. The van der Waals surface area contributed by atoms with Crippen molar-refractivity contribution in [2.45, 2.75) is 45.3 Å². The van der Waals surface area contributed by atoms with Crippen molar-refractivity contribution in [3.63, 3.8) is 0 Å². The van der Waals surface area contributed by atoms with E-state index in [2.05, 4.69) is 10.3 Å². The van der Waals surface area contributed by atoms with E-state index in [9.17, 15) is 22.4 Å². The second kappa shape index (κ2) is 11.8. The first-order valence-electron chi connectivity index (χ1n) is 10.8. The Morgan fingerprint density at radius 1 is 1.12 bits per heavy atom. The molecule has 0 aliphatic carbocycles. The molecule has 2 aromatic rings. The molecule has 0 spiro atoms. The number of alkyl halides is 4. The van der Waals surface area contributed by atoms with Gasteiger partial charge in [-0.15, -0.1) is 0 Å². The molecule has 1 fully saturated rings. The molecular weight excluding hydrogens is 458 g/mol. The van der Waals surface area contributed by atoms with Crippen molar-refractivity contribution < 1.29 is 36.6 Å². The van der Waals surface area contributed by atoms with Crippen molar-refractivity contribution >= 4 is 11.6 Å². The van der Waals surface area contributed by atoms with E-state index in [0.29, 0.717) is 30.9 Å². The van der Waals surface area contributed by atoms with Crippen LogP contribution in [0.5, 0.6) is 17.4 Å². The van der Waals surface area contributed by atoms with E-state index in [-0.39, 0.29) is 29.7 Å². The van der Waals surface area contributed by atoms with Crippen LogP contribution in [0.4, 0.5) is 23.2 Å². The summed E-state index contributed by atoms with van der Waals surface area (Å²) in [4.78, 5) is 17.0. The highest BCUT2D eigenvalue weighted by atomic mass is 19.3. The number of halogens is 4. The Hall–Kier alpha value is -3.24. The molecule has 1 aromatic carbocycles. The molecule has 1 aromatic heterocycles. The maximum atomic E-state index is 12.8. The summed E-state index contributed by atoms with van der Waals surface area (Å²) in [5, 5.41) is 2.82. The third kappa shape index (κ3) is 7.13. The Balaban J connectivity index is 1.68. The van der Waals surface area contributed by atoms with Gasteiger partial charge in [-0.1, -0.05) is 12.1 Å². The van der Waals surface area contributed by atoms with Crippen LogP contribution < -0.4 is 24.4 Å². The van der Waals surface area contributed by atoms with Gasteiger partial charge in [0.25, 0.3) is 18.7 Å². The maximum Gasteiger partial charge on any atom is 0.272 e. The third-order valence-corrected chi connectivity index (χ3v) is 5.14. The molecule has 2 heterocycles. The van der Waals surface area contributed by atoms with Crippen LogP contribution >= 0.6 is 0 Å². The van der Waals surface area contributed by atoms with Gasteiger partial charge in [-0.2, -0.15) is 0 Å². The van der Waals surface area contributed by atoms with Gasteiger partial charge in [0.05, 0.1) is 18.3 Å². The molecule has 0 saturated carbocycles. The molecule has 0 unspecified atom stereocenters. The number of hydrogen-bond acceptors (Lipinski definition) is 6. The maximum absolute atomic E-state index is 12.8. The first-order chi connectivity index (χ1) is 16.2. The molecule has 1 aliphatic rings. The normalized spacial score (nSPS) is 16.6. The standard InChI is InChI=1S/C23H27F4N3O4/c1-14(29-15(2)31)16-3-5-17(6-4-16)34-18-8-10-30(11-18)19-7-9-28-23(33-13-21(26)27)22(19)32-12-20(24)25/h3-7,9,14,18,20-21H,8,10-13H2,1-2H3,(H,29,31)/t14-,18+/m0/s1. The van der Waals surface area contributed by atoms with Gasteiger partial charge in [0.2, 0.25) is 11.7 Å². The Morgan fingerprint density at radius 3 is 2.44 bits per heavy atom. The van der Waals surface area contributed by atoms with Crippen LogP contribution in [0.1, 0.15) is 31.9 Å². The van der Waals surface area contributed by atoms with Crippen LogP contribution in [0.15, 0.2) is 36.5 Å². The largest absolute Gasteiger partial charge is 0.489 e. The third-order valence-electron chi connectivity index (χ3n) is 5.14. The molecule has 2 atom stereocenters. The van der Waals surface area contributed by atoms with Crippen LogP contribution in [0.2, 0.25) is 0 Å². The lowest BCUT2D eigenvalue weighted by Crippen LogP contribution is -2.25. The van der Waals surface area contributed by atoms with E-state index < -0.39 is 26.1 Å². The SMILES string of the molecule is CC(=O)N[C@@H](C)c1ccc(O[C@@H]2CCN(c3ccnc(OCC(F)F)c3OCC(F)F)C2)cc1. The number of nitrogens with zero attached hydrogens (tertiary/aromatic N) is 2. The number of nitrogens with one attached hydrogen (secondary N) is 1. The van der Waals surface area contributed by atoms with Crippen molar-refractivity contribution in [1.29, 1.82) is 0 Å². The van der Waals surface area contributed by atoms with Crippen LogP contribution in [0.3, 0.4) is 0 Å². The van der Waals surface area contributed by atoms with E-state index in [1.165, 1.54) is 13.1 Å². The Morgan fingerprint density at radius 2 is 1.79 bits per heavy atom. The predicted molar refractivity (Wildman–Crippen MR) is 117 cm³/mol. The number of rotatable bonds is 11. The summed E-state index contributed by atoms with van der Waals surface area (Å²) in [7, 11) is 0. The average molecular weight is 485 g/mol. The molecule has 1 saturated heterocycles. The fourth-order valence-corrected chi connectivity index (χ4v) is 3.65. The number of anilines is 1. The van der Waals surface area contributed by atoms with Crippen LogP contribution in [-0.4, -0.2) is 56.1 Å². The zero-order valence-corrected chi connectivity index (χ0v) is 18.8. The van der Waals surface area contributed by atoms with E-state index >= 15 is 0 Å². The summed E-state index contributed by atoms with van der Waals surface area (Å²) < 4.78 is 66.9. The second-order valence-electron chi connectivity index (χ2n) is 7.83. The number of ether oxygens (including phenoxy) is 3. The minimum absolute atomic E-state index is 0.0968. The van der Waals surface area contributed by atoms with E-state index in [0.717, 1.165) is 5.56 Å². The first-order valence-corrected chi connectivity index (χ1v) is 10.8. The number of hydrogen-bond donors (Lipinski definition) is 1. The molecule has 7 nitrogen and oxygen atoms in total. The molecule has 186 valence electrons. The first kappa shape index (κ1) is 25.4. The summed E-state index contributed by atoms with van der Waals surface area (Å²) in [6, 6.07) is 8.81. The molecule has 1 amide bonds.